The summed E-state index contributed by atoms with van der Waals surface area (Å²) in [6.45, 7) is 1.67. The molecule has 0 aliphatic carbocycles. The Morgan fingerprint density at radius 3 is 2.77 bits per heavy atom. The average molecular weight is 443 g/mol. The van der Waals surface area contributed by atoms with E-state index in [1.807, 2.05) is 0 Å². The van der Waals surface area contributed by atoms with Crippen LogP contribution < -0.4 is 16.0 Å². The normalized spacial score (nSPS) is 19.2. The summed E-state index contributed by atoms with van der Waals surface area (Å²) in [5.41, 5.74) is -0.854. The van der Waals surface area contributed by atoms with Crippen molar-refractivity contribution in [1.29, 1.82) is 0 Å². The van der Waals surface area contributed by atoms with Crippen molar-refractivity contribution in [3.63, 3.8) is 0 Å². The van der Waals surface area contributed by atoms with Crippen molar-refractivity contribution in [1.82, 2.24) is 20.8 Å². The molecule has 9 nitrogen and oxygen atoms in total. The molecule has 2 unspecified atom stereocenters. The molecule has 160 valence electrons. The van der Waals surface area contributed by atoms with E-state index in [-0.39, 0.29) is 29.0 Å². The fourth-order valence-electron chi connectivity index (χ4n) is 2.71. The molecule has 0 saturated carbocycles. The Kier molecular flexibility index (Phi) is 6.29. The third-order valence-corrected chi connectivity index (χ3v) is 5.00. The van der Waals surface area contributed by atoms with Crippen LogP contribution in [0.3, 0.4) is 0 Å². The Bertz CT molecular complexity index is 965. The smallest absolute Gasteiger partial charge is 0.416 e. The molecule has 0 spiro atoms. The van der Waals surface area contributed by atoms with Crippen molar-refractivity contribution in [2.75, 3.05) is 11.1 Å². The van der Waals surface area contributed by atoms with Gasteiger partial charge in [-0.15, -0.1) is 10.2 Å². The zero-order valence-corrected chi connectivity index (χ0v) is 16.3. The van der Waals surface area contributed by atoms with Gasteiger partial charge in [0.1, 0.15) is 0 Å². The molecule has 0 radical (unpaired) electrons. The largest absolute Gasteiger partial charge is 0.416 e. The fraction of sp³-hybridized carbons (Fsp3) is 0.353. The molecule has 1 fully saturated rings. The Balaban J connectivity index is 1.52. The van der Waals surface area contributed by atoms with Crippen molar-refractivity contribution in [3.8, 4) is 0 Å². The second kappa shape index (κ2) is 8.73. The van der Waals surface area contributed by atoms with Gasteiger partial charge in [0.2, 0.25) is 17.7 Å². The van der Waals surface area contributed by atoms with E-state index in [9.17, 15) is 27.6 Å². The third kappa shape index (κ3) is 5.49. The highest BCUT2D eigenvalue weighted by Crippen LogP contribution is 2.30. The van der Waals surface area contributed by atoms with Gasteiger partial charge in [-0.3, -0.25) is 14.9 Å². The number of alkyl halides is 3. The summed E-state index contributed by atoms with van der Waals surface area (Å²) in [6, 6.07) is 3.29. The molecule has 2 heterocycles. The van der Waals surface area contributed by atoms with Crippen LogP contribution in [0.4, 0.5) is 23.7 Å². The van der Waals surface area contributed by atoms with E-state index < -0.39 is 41.5 Å². The minimum absolute atomic E-state index is 0.0148. The zero-order valence-electron chi connectivity index (χ0n) is 15.4. The Hall–Kier alpha value is -3.09. The van der Waals surface area contributed by atoms with Crippen molar-refractivity contribution < 1.29 is 32.0 Å². The van der Waals surface area contributed by atoms with E-state index in [4.69, 9.17) is 4.42 Å². The summed E-state index contributed by atoms with van der Waals surface area (Å²) in [5.74, 6) is -1.63. The van der Waals surface area contributed by atoms with Crippen molar-refractivity contribution in [2.45, 2.75) is 30.8 Å². The maximum absolute atomic E-state index is 12.7. The molecule has 3 N–H and O–H groups in total. The number of benzene rings is 1. The average Bonchev–Trinajstić information content (AvgIpc) is 3.10. The SMILES string of the molecule is CC1NC(=O)NC(=O)C1Cc1nnc(SCC(=O)Nc2cccc(C(F)(F)F)c2)o1. The van der Waals surface area contributed by atoms with Crippen molar-refractivity contribution in [3.05, 3.63) is 35.7 Å². The Morgan fingerprint density at radius 1 is 1.30 bits per heavy atom. The van der Waals surface area contributed by atoms with Crippen LogP contribution in [0.25, 0.3) is 0 Å². The number of halogens is 3. The second-order valence-corrected chi connectivity index (χ2v) is 7.37. The zero-order chi connectivity index (χ0) is 21.9. The summed E-state index contributed by atoms with van der Waals surface area (Å²) in [5, 5.41) is 14.7. The number of anilines is 1. The monoisotopic (exact) mass is 443 g/mol. The quantitative estimate of drug-likeness (QED) is 0.585. The third-order valence-electron chi connectivity index (χ3n) is 4.18. The molecular weight excluding hydrogens is 427 g/mol. The highest BCUT2D eigenvalue weighted by Gasteiger charge is 2.34. The van der Waals surface area contributed by atoms with Crippen LogP contribution in [0.1, 0.15) is 18.4 Å². The number of urea groups is 1. The molecule has 1 saturated heterocycles. The van der Waals surface area contributed by atoms with Gasteiger partial charge in [0.25, 0.3) is 5.22 Å². The number of carbonyl (C=O) groups excluding carboxylic acids is 3. The summed E-state index contributed by atoms with van der Waals surface area (Å²) < 4.78 is 43.6. The number of hydrogen-bond donors (Lipinski definition) is 3. The lowest BCUT2D eigenvalue weighted by molar-refractivity contribution is -0.137. The lowest BCUT2D eigenvalue weighted by Crippen LogP contribution is -2.57. The minimum atomic E-state index is -4.51. The van der Waals surface area contributed by atoms with Gasteiger partial charge < -0.3 is 15.1 Å². The molecule has 1 aliphatic heterocycles. The number of rotatable bonds is 6. The maximum atomic E-state index is 12.7. The first-order valence-corrected chi connectivity index (χ1v) is 9.64. The number of thioether (sulfide) groups is 1. The van der Waals surface area contributed by atoms with Crippen LogP contribution in [-0.4, -0.2) is 39.8 Å². The second-order valence-electron chi connectivity index (χ2n) is 6.44. The van der Waals surface area contributed by atoms with Gasteiger partial charge in [-0.2, -0.15) is 13.2 Å². The van der Waals surface area contributed by atoms with Crippen LogP contribution in [0.15, 0.2) is 33.9 Å². The first kappa shape index (κ1) is 21.6. The molecule has 1 aromatic carbocycles. The molecular formula is C17H16F3N5O4S. The summed E-state index contributed by atoms with van der Waals surface area (Å²) in [4.78, 5) is 35.1. The lowest BCUT2D eigenvalue weighted by Gasteiger charge is -2.27. The van der Waals surface area contributed by atoms with Gasteiger partial charge in [0.05, 0.1) is 17.2 Å². The molecule has 3 rings (SSSR count). The number of carbonyl (C=O) groups is 3. The summed E-state index contributed by atoms with van der Waals surface area (Å²) in [6.07, 6.45) is -4.41. The first-order chi connectivity index (χ1) is 14.1. The number of amides is 4. The molecule has 2 aromatic rings. The summed E-state index contributed by atoms with van der Waals surface area (Å²) in [7, 11) is 0. The van der Waals surface area contributed by atoms with Crippen LogP contribution in [0.2, 0.25) is 0 Å². The van der Waals surface area contributed by atoms with E-state index >= 15 is 0 Å². The van der Waals surface area contributed by atoms with Crippen molar-refractivity contribution >= 4 is 35.3 Å². The number of nitrogens with zero attached hydrogens (tertiary/aromatic N) is 2. The highest BCUT2D eigenvalue weighted by atomic mass is 32.2. The van der Waals surface area contributed by atoms with Gasteiger partial charge in [0, 0.05) is 18.2 Å². The van der Waals surface area contributed by atoms with E-state index in [1.165, 1.54) is 12.1 Å². The fourth-order valence-corrected chi connectivity index (χ4v) is 3.29. The Labute approximate surface area is 172 Å². The van der Waals surface area contributed by atoms with E-state index in [0.717, 1.165) is 23.9 Å². The van der Waals surface area contributed by atoms with Crippen LogP contribution in [0, 0.1) is 5.92 Å². The predicted octanol–water partition coefficient (Wildman–Crippen LogP) is 2.21. The first-order valence-electron chi connectivity index (χ1n) is 8.65. The maximum Gasteiger partial charge on any atom is 0.416 e. The van der Waals surface area contributed by atoms with Crippen molar-refractivity contribution in [2.24, 2.45) is 5.92 Å². The number of hydrogen-bond acceptors (Lipinski definition) is 7. The van der Waals surface area contributed by atoms with E-state index in [2.05, 4.69) is 26.1 Å². The molecule has 1 aromatic heterocycles. The van der Waals surface area contributed by atoms with Gasteiger partial charge >= 0.3 is 12.2 Å². The van der Waals surface area contributed by atoms with Gasteiger partial charge in [-0.25, -0.2) is 4.79 Å². The number of imide groups is 1. The van der Waals surface area contributed by atoms with Crippen LogP contribution in [0.5, 0.6) is 0 Å². The van der Waals surface area contributed by atoms with Crippen LogP contribution >= 0.6 is 11.8 Å². The molecule has 2 atom stereocenters. The molecule has 1 aliphatic rings. The van der Waals surface area contributed by atoms with Gasteiger partial charge in [0.15, 0.2) is 0 Å². The molecule has 13 heteroatoms. The summed E-state index contributed by atoms with van der Waals surface area (Å²) >= 11 is 0.898. The van der Waals surface area contributed by atoms with E-state index in [1.54, 1.807) is 6.92 Å². The Morgan fingerprint density at radius 2 is 2.07 bits per heavy atom. The molecule has 30 heavy (non-hydrogen) atoms. The molecule has 4 amide bonds. The van der Waals surface area contributed by atoms with Gasteiger partial charge in [-0.05, 0) is 25.1 Å². The molecule has 0 bridgehead atoms. The van der Waals surface area contributed by atoms with Crippen LogP contribution in [-0.2, 0) is 22.2 Å². The minimum Gasteiger partial charge on any atom is -0.416 e. The topological polar surface area (TPSA) is 126 Å². The highest BCUT2D eigenvalue weighted by molar-refractivity contribution is 7.99. The van der Waals surface area contributed by atoms with E-state index in [0.29, 0.717) is 0 Å². The predicted molar refractivity (Wildman–Crippen MR) is 98.4 cm³/mol. The number of nitrogens with one attached hydrogen (secondary N) is 3. The number of aromatic nitrogens is 2. The lowest BCUT2D eigenvalue weighted by atomic mass is 9.95. The standard InChI is InChI=1S/C17H16F3N5O4S/c1-8-11(14(27)23-15(28)21-8)6-13-24-25-16(29-13)30-7-12(26)22-10-4-2-3-9(5-10)17(18,19)20/h2-5,8,11H,6-7H2,1H3,(H,22,26)(H2,21,23,27,28). The van der Waals surface area contributed by atoms with Gasteiger partial charge in [-0.1, -0.05) is 17.8 Å².